The van der Waals surface area contributed by atoms with E-state index in [0.717, 1.165) is 93.5 Å². The predicted octanol–water partition coefficient (Wildman–Crippen LogP) is 7.62. The van der Waals surface area contributed by atoms with E-state index in [1.54, 1.807) is 5.57 Å². The second-order valence-corrected chi connectivity index (χ2v) is 17.3. The first-order valence-electron chi connectivity index (χ1n) is 20.3. The van der Waals surface area contributed by atoms with Gasteiger partial charge in [0, 0.05) is 25.9 Å². The smallest absolute Gasteiger partial charge is 0.306 e. The number of hydrogen-bond donors (Lipinski definition) is 3. The van der Waals surface area contributed by atoms with Crippen LogP contribution in [0, 0.1) is 46.3 Å². The molecule has 7 heteroatoms. The van der Waals surface area contributed by atoms with Gasteiger partial charge >= 0.3 is 5.97 Å². The van der Waals surface area contributed by atoms with E-state index in [4.69, 9.17) is 16.2 Å². The molecule has 0 spiro atoms. The Labute approximate surface area is 294 Å². The summed E-state index contributed by atoms with van der Waals surface area (Å²) in [5.74, 6) is 4.80. The van der Waals surface area contributed by atoms with Gasteiger partial charge in [0.1, 0.15) is 6.10 Å². The normalized spacial score (nSPS) is 31.8. The summed E-state index contributed by atoms with van der Waals surface area (Å²) < 4.78 is 6.06. The molecule has 0 saturated heterocycles. The third-order valence-electron chi connectivity index (χ3n) is 13.7. The molecule has 4 aliphatic carbocycles. The number of esters is 1. The number of hydrogen-bond acceptors (Lipinski definition) is 6. The van der Waals surface area contributed by atoms with E-state index in [0.29, 0.717) is 31.6 Å². The van der Waals surface area contributed by atoms with Crippen molar-refractivity contribution in [2.24, 2.45) is 57.8 Å². The maximum atomic E-state index is 13.1. The van der Waals surface area contributed by atoms with Crippen LogP contribution in [0.4, 0.5) is 0 Å². The van der Waals surface area contributed by atoms with E-state index in [1.807, 2.05) is 4.90 Å². The van der Waals surface area contributed by atoms with Crippen LogP contribution >= 0.6 is 0 Å². The van der Waals surface area contributed by atoms with Crippen LogP contribution in [0.15, 0.2) is 11.6 Å². The Morgan fingerprint density at radius 3 is 2.40 bits per heavy atom. The van der Waals surface area contributed by atoms with Crippen molar-refractivity contribution in [3.05, 3.63) is 11.6 Å². The number of unbranched alkanes of at least 4 members (excludes halogenated alkanes) is 1. The van der Waals surface area contributed by atoms with Gasteiger partial charge in [-0.1, -0.05) is 65.5 Å². The van der Waals surface area contributed by atoms with Crippen LogP contribution < -0.4 is 16.8 Å². The molecule has 1 amide bonds. The van der Waals surface area contributed by atoms with Gasteiger partial charge < -0.3 is 26.4 Å². The van der Waals surface area contributed by atoms with Gasteiger partial charge in [-0.25, -0.2) is 0 Å². The van der Waals surface area contributed by atoms with Crippen molar-refractivity contribution in [2.75, 3.05) is 39.3 Å². The number of fused-ring (bicyclic) bond motifs is 5. The number of nitrogens with zero attached hydrogens (tertiary/aromatic N) is 1. The lowest BCUT2D eigenvalue weighted by atomic mass is 9.47. The van der Waals surface area contributed by atoms with Gasteiger partial charge in [-0.05, 0) is 143 Å². The fraction of sp³-hybridized carbons (Fsp3) is 0.902. The average molecular weight is 671 g/mol. The molecule has 0 radical (unpaired) electrons. The van der Waals surface area contributed by atoms with Crippen molar-refractivity contribution in [2.45, 2.75) is 150 Å². The van der Waals surface area contributed by atoms with Crippen LogP contribution in [0.2, 0.25) is 0 Å². The van der Waals surface area contributed by atoms with Crippen molar-refractivity contribution < 1.29 is 14.3 Å². The molecule has 48 heavy (non-hydrogen) atoms. The number of amides is 1. The summed E-state index contributed by atoms with van der Waals surface area (Å²) in [4.78, 5) is 28.0. The van der Waals surface area contributed by atoms with Crippen LogP contribution in [-0.2, 0) is 14.3 Å². The average Bonchev–Trinajstić information content (AvgIpc) is 3.42. The first kappa shape index (κ1) is 39.3. The van der Waals surface area contributed by atoms with E-state index in [9.17, 15) is 9.59 Å². The van der Waals surface area contributed by atoms with Gasteiger partial charge in [0.05, 0.1) is 6.42 Å². The largest absolute Gasteiger partial charge is 0.462 e. The molecule has 3 fully saturated rings. The zero-order valence-electron chi connectivity index (χ0n) is 31.7. The number of nitrogens with one attached hydrogen (secondary N) is 1. The van der Waals surface area contributed by atoms with Crippen LogP contribution in [0.1, 0.15) is 144 Å². The van der Waals surface area contributed by atoms with Crippen LogP contribution in [0.3, 0.4) is 0 Å². The highest BCUT2D eigenvalue weighted by Gasteiger charge is 2.59. The van der Waals surface area contributed by atoms with Crippen LogP contribution in [-0.4, -0.2) is 62.1 Å². The summed E-state index contributed by atoms with van der Waals surface area (Å²) in [6.07, 6.45) is 20.5. The molecule has 0 heterocycles. The summed E-state index contributed by atoms with van der Waals surface area (Å²) in [5, 5.41) is 3.40. The van der Waals surface area contributed by atoms with Gasteiger partial charge in [0.25, 0.3) is 0 Å². The molecule has 7 nitrogen and oxygen atoms in total. The molecule has 0 aromatic carbocycles. The van der Waals surface area contributed by atoms with Crippen molar-refractivity contribution in [1.29, 1.82) is 0 Å². The van der Waals surface area contributed by atoms with Crippen molar-refractivity contribution >= 4 is 11.9 Å². The molecule has 3 saturated carbocycles. The standard InChI is InChI=1S/C41H74N4O3/c1-30(2)11-8-12-31(3)35-15-16-36-34-14-13-32-29-33(19-21-40(32,4)37(34)20-22-41(35,36)5)48-39(47)18-17-38(46)45(28-10-24-43)27-7-6-25-44-26-9-23-42/h13,30-31,33-37,44H,6-12,14-29,42-43H2,1-5H3/t31-,33+,34+,35-,36+,37?,40+,41-/m1/s1. The Balaban J connectivity index is 1.25. The van der Waals surface area contributed by atoms with Gasteiger partial charge in [-0.2, -0.15) is 0 Å². The van der Waals surface area contributed by atoms with E-state index in [2.05, 4.69) is 46.0 Å². The molecular weight excluding hydrogens is 596 g/mol. The highest BCUT2D eigenvalue weighted by Crippen LogP contribution is 2.67. The molecule has 0 aromatic heterocycles. The lowest BCUT2D eigenvalue weighted by molar-refractivity contribution is -0.153. The molecule has 8 atom stereocenters. The summed E-state index contributed by atoms with van der Waals surface area (Å²) in [6.45, 7) is 17.0. The van der Waals surface area contributed by atoms with Gasteiger partial charge in [0.2, 0.25) is 5.91 Å². The number of ether oxygens (including phenoxy) is 1. The Bertz CT molecular complexity index is 1050. The molecule has 4 aliphatic rings. The Morgan fingerprint density at radius 1 is 0.896 bits per heavy atom. The Hall–Kier alpha value is -1.44. The quantitative estimate of drug-likeness (QED) is 0.0699. The van der Waals surface area contributed by atoms with Gasteiger partial charge in [-0.3, -0.25) is 9.59 Å². The molecule has 5 N–H and O–H groups in total. The monoisotopic (exact) mass is 671 g/mol. The SMILES string of the molecule is CC(C)CCC[C@@H](C)[C@H]1CC[C@H]2[C@@H]3CC=C4C[C@@H](OC(=O)CCC(=O)N(CCCN)CCCCNCCCN)CC[C@]4(C)C3CC[C@]12C. The maximum absolute atomic E-state index is 13.1. The van der Waals surface area contributed by atoms with Gasteiger partial charge in [0.15, 0.2) is 0 Å². The minimum atomic E-state index is -0.220. The summed E-state index contributed by atoms with van der Waals surface area (Å²) >= 11 is 0. The predicted molar refractivity (Wildman–Crippen MR) is 198 cm³/mol. The topological polar surface area (TPSA) is 111 Å². The number of carbonyl (C=O) groups excluding carboxylic acids is 2. The third-order valence-corrected chi connectivity index (χ3v) is 13.7. The molecule has 1 unspecified atom stereocenters. The molecule has 0 aromatic rings. The number of rotatable bonds is 20. The molecular formula is C41H74N4O3. The maximum Gasteiger partial charge on any atom is 0.306 e. The zero-order chi connectivity index (χ0) is 34.7. The highest BCUT2D eigenvalue weighted by atomic mass is 16.5. The fourth-order valence-electron chi connectivity index (χ4n) is 10.9. The van der Waals surface area contributed by atoms with Crippen LogP contribution in [0.25, 0.3) is 0 Å². The lowest BCUT2D eigenvalue weighted by Crippen LogP contribution is -2.51. The number of nitrogens with two attached hydrogens (primary N) is 2. The summed E-state index contributed by atoms with van der Waals surface area (Å²) in [5.41, 5.74) is 13.6. The Morgan fingerprint density at radius 2 is 1.65 bits per heavy atom. The first-order valence-corrected chi connectivity index (χ1v) is 20.3. The highest BCUT2D eigenvalue weighted by molar-refractivity contribution is 5.81. The molecule has 0 bridgehead atoms. The van der Waals surface area contributed by atoms with E-state index in [-0.39, 0.29) is 36.2 Å². The first-order chi connectivity index (χ1) is 23.0. The minimum Gasteiger partial charge on any atom is -0.462 e. The second-order valence-electron chi connectivity index (χ2n) is 17.3. The minimum absolute atomic E-state index is 0.0390. The lowest BCUT2D eigenvalue weighted by Gasteiger charge is -2.58. The second kappa shape index (κ2) is 18.7. The fourth-order valence-corrected chi connectivity index (χ4v) is 10.9. The van der Waals surface area contributed by atoms with Gasteiger partial charge in [-0.15, -0.1) is 0 Å². The zero-order valence-corrected chi connectivity index (χ0v) is 31.7. The van der Waals surface area contributed by atoms with E-state index in [1.165, 1.54) is 51.4 Å². The molecule has 276 valence electrons. The van der Waals surface area contributed by atoms with Crippen molar-refractivity contribution in [3.63, 3.8) is 0 Å². The van der Waals surface area contributed by atoms with Crippen molar-refractivity contribution in [3.8, 4) is 0 Å². The number of carbonyl (C=O) groups is 2. The van der Waals surface area contributed by atoms with E-state index >= 15 is 0 Å². The molecule has 4 rings (SSSR count). The van der Waals surface area contributed by atoms with E-state index < -0.39 is 0 Å². The Kier molecular flexibility index (Phi) is 15.3. The van der Waals surface area contributed by atoms with Crippen molar-refractivity contribution in [1.82, 2.24) is 10.2 Å². The summed E-state index contributed by atoms with van der Waals surface area (Å²) in [7, 11) is 0. The number of allylic oxidation sites excluding steroid dienone is 1. The third kappa shape index (κ3) is 9.87. The summed E-state index contributed by atoms with van der Waals surface area (Å²) in [6, 6.07) is 0. The molecule has 0 aliphatic heterocycles. The van der Waals surface area contributed by atoms with Crippen LogP contribution in [0.5, 0.6) is 0 Å².